The largest absolute Gasteiger partial charge is 0.497 e. The van der Waals surface area contributed by atoms with Gasteiger partial charge in [-0.25, -0.2) is 0 Å². The van der Waals surface area contributed by atoms with Crippen molar-refractivity contribution in [3.63, 3.8) is 0 Å². The van der Waals surface area contributed by atoms with Crippen molar-refractivity contribution >= 4 is 5.91 Å². The van der Waals surface area contributed by atoms with E-state index in [4.69, 9.17) is 9.47 Å². The van der Waals surface area contributed by atoms with Crippen molar-refractivity contribution in [3.05, 3.63) is 29.8 Å². The Hall–Kier alpha value is -1.63. The molecule has 3 fully saturated rings. The van der Waals surface area contributed by atoms with Crippen LogP contribution in [0.3, 0.4) is 0 Å². The monoisotopic (exact) mass is 429 g/mol. The van der Waals surface area contributed by atoms with E-state index in [1.807, 2.05) is 12.1 Å². The predicted octanol–water partition coefficient (Wildman–Crippen LogP) is 3.18. The number of carbonyl (C=O) groups excluding carboxylic acids is 1. The average molecular weight is 430 g/mol. The minimum absolute atomic E-state index is 0.186. The average Bonchev–Trinajstić information content (AvgIpc) is 3.25. The highest BCUT2D eigenvalue weighted by molar-refractivity contribution is 5.79. The summed E-state index contributed by atoms with van der Waals surface area (Å²) in [6.45, 7) is 11.1. The number of amides is 1. The first-order chi connectivity index (χ1) is 15.0. The Morgan fingerprint density at radius 1 is 1.06 bits per heavy atom. The lowest BCUT2D eigenvalue weighted by atomic mass is 9.95. The first kappa shape index (κ1) is 22.6. The predicted molar refractivity (Wildman–Crippen MR) is 122 cm³/mol. The smallest absolute Gasteiger partial charge is 0.237 e. The number of morpholine rings is 1. The summed E-state index contributed by atoms with van der Waals surface area (Å²) in [6.07, 6.45) is 5.15. The first-order valence-corrected chi connectivity index (χ1v) is 12.1. The summed E-state index contributed by atoms with van der Waals surface area (Å²) in [5, 5.41) is 0. The van der Waals surface area contributed by atoms with Crippen molar-refractivity contribution in [3.8, 4) is 5.75 Å². The van der Waals surface area contributed by atoms with Crippen LogP contribution < -0.4 is 4.74 Å². The van der Waals surface area contributed by atoms with Crippen LogP contribution in [0.4, 0.5) is 0 Å². The van der Waals surface area contributed by atoms with Crippen molar-refractivity contribution in [2.75, 3.05) is 52.9 Å². The Labute approximate surface area is 187 Å². The van der Waals surface area contributed by atoms with Gasteiger partial charge in [-0.1, -0.05) is 12.1 Å². The molecular formula is C25H39N3O3. The van der Waals surface area contributed by atoms with E-state index in [0.717, 1.165) is 57.2 Å². The van der Waals surface area contributed by atoms with Crippen molar-refractivity contribution < 1.29 is 14.3 Å². The molecular weight excluding hydrogens is 390 g/mol. The summed E-state index contributed by atoms with van der Waals surface area (Å²) in [4.78, 5) is 20.2. The first-order valence-electron chi connectivity index (χ1n) is 12.1. The number of benzene rings is 1. The molecule has 0 radical (unpaired) electrons. The summed E-state index contributed by atoms with van der Waals surface area (Å²) in [5.41, 5.74) is 1.19. The highest BCUT2D eigenvalue weighted by atomic mass is 16.5. The Kier molecular flexibility index (Phi) is 7.51. The second kappa shape index (κ2) is 10.3. The summed E-state index contributed by atoms with van der Waals surface area (Å²) >= 11 is 0. The maximum Gasteiger partial charge on any atom is 0.237 e. The van der Waals surface area contributed by atoms with E-state index in [9.17, 15) is 4.79 Å². The number of methoxy groups -OCH3 is 1. The number of hydrogen-bond donors (Lipinski definition) is 0. The van der Waals surface area contributed by atoms with E-state index in [2.05, 4.69) is 40.7 Å². The zero-order valence-electron chi connectivity index (χ0n) is 19.5. The zero-order chi connectivity index (χ0) is 21.8. The maximum atomic E-state index is 13.2. The van der Waals surface area contributed by atoms with Crippen LogP contribution in [0.1, 0.15) is 51.1 Å². The molecule has 3 aliphatic heterocycles. The van der Waals surface area contributed by atoms with Gasteiger partial charge in [-0.3, -0.25) is 14.6 Å². The lowest BCUT2D eigenvalue weighted by Gasteiger charge is -2.39. The second-order valence-corrected chi connectivity index (χ2v) is 9.72. The highest BCUT2D eigenvalue weighted by Gasteiger charge is 2.32. The number of likely N-dealkylation sites (tertiary alicyclic amines) is 2. The van der Waals surface area contributed by atoms with Gasteiger partial charge in [-0.15, -0.1) is 0 Å². The number of ether oxygens (including phenoxy) is 2. The van der Waals surface area contributed by atoms with E-state index in [1.54, 1.807) is 7.11 Å². The third-order valence-electron chi connectivity index (χ3n) is 7.13. The Balaban J connectivity index is 1.26. The fourth-order valence-electron chi connectivity index (χ4n) is 5.67. The van der Waals surface area contributed by atoms with E-state index in [-0.39, 0.29) is 11.9 Å². The molecule has 1 aromatic rings. The molecule has 172 valence electrons. The van der Waals surface area contributed by atoms with Gasteiger partial charge in [0.25, 0.3) is 0 Å². The summed E-state index contributed by atoms with van der Waals surface area (Å²) in [7, 11) is 1.69. The lowest BCUT2D eigenvalue weighted by molar-refractivity contribution is -0.133. The molecule has 6 heteroatoms. The van der Waals surface area contributed by atoms with Gasteiger partial charge in [0.05, 0.1) is 31.9 Å². The molecule has 3 atom stereocenters. The molecule has 1 aromatic carbocycles. The third-order valence-corrected chi connectivity index (χ3v) is 7.13. The van der Waals surface area contributed by atoms with Crippen LogP contribution in [0.15, 0.2) is 24.3 Å². The normalized spacial score (nSPS) is 28.7. The molecule has 3 heterocycles. The molecule has 31 heavy (non-hydrogen) atoms. The molecule has 3 unspecified atom stereocenters. The zero-order valence-corrected chi connectivity index (χ0v) is 19.5. The highest BCUT2D eigenvalue weighted by Crippen LogP contribution is 2.33. The lowest BCUT2D eigenvalue weighted by Crippen LogP contribution is -2.49. The second-order valence-electron chi connectivity index (χ2n) is 9.72. The van der Waals surface area contributed by atoms with E-state index < -0.39 is 0 Å². The van der Waals surface area contributed by atoms with Crippen molar-refractivity contribution in [2.24, 2.45) is 5.92 Å². The minimum Gasteiger partial charge on any atom is -0.497 e. The number of rotatable bonds is 6. The van der Waals surface area contributed by atoms with Crippen molar-refractivity contribution in [1.82, 2.24) is 14.7 Å². The standard InChI is InChI=1S/C25H39N3O3/c1-19-15-27(16-20(2)31-19)17-21-9-12-26(13-10-21)18-25(29)28-11-5-8-24(28)22-6-4-7-23(14-22)30-3/h4,6-7,14,19-21,24H,5,8-13,15-18H2,1-3H3. The van der Waals surface area contributed by atoms with E-state index in [0.29, 0.717) is 18.8 Å². The Morgan fingerprint density at radius 3 is 2.52 bits per heavy atom. The fourth-order valence-corrected chi connectivity index (χ4v) is 5.67. The van der Waals surface area contributed by atoms with Gasteiger partial charge in [0.15, 0.2) is 0 Å². The van der Waals surface area contributed by atoms with Crippen LogP contribution in [0.25, 0.3) is 0 Å². The van der Waals surface area contributed by atoms with Gasteiger partial charge in [-0.2, -0.15) is 0 Å². The molecule has 4 rings (SSSR count). The molecule has 0 aliphatic carbocycles. The fraction of sp³-hybridized carbons (Fsp3) is 0.720. The minimum atomic E-state index is 0.186. The number of hydrogen-bond acceptors (Lipinski definition) is 5. The molecule has 0 spiro atoms. The molecule has 0 N–H and O–H groups in total. The van der Waals surface area contributed by atoms with Crippen molar-refractivity contribution in [1.29, 1.82) is 0 Å². The number of carbonyl (C=O) groups is 1. The van der Waals surface area contributed by atoms with Crippen LogP contribution in [0, 0.1) is 5.92 Å². The molecule has 6 nitrogen and oxygen atoms in total. The van der Waals surface area contributed by atoms with Gasteiger partial charge in [-0.05, 0) is 76.2 Å². The SMILES string of the molecule is COc1cccc(C2CCCN2C(=O)CN2CCC(CN3CC(C)OC(C)C3)CC2)c1. The summed E-state index contributed by atoms with van der Waals surface area (Å²) in [5.74, 6) is 1.88. The van der Waals surface area contributed by atoms with Crippen LogP contribution in [-0.2, 0) is 9.53 Å². The Bertz CT molecular complexity index is 724. The molecule has 0 aromatic heterocycles. The summed E-state index contributed by atoms with van der Waals surface area (Å²) < 4.78 is 11.3. The van der Waals surface area contributed by atoms with E-state index in [1.165, 1.54) is 24.9 Å². The van der Waals surface area contributed by atoms with Crippen LogP contribution >= 0.6 is 0 Å². The van der Waals surface area contributed by atoms with Crippen LogP contribution in [0.2, 0.25) is 0 Å². The van der Waals surface area contributed by atoms with Gasteiger partial charge >= 0.3 is 0 Å². The van der Waals surface area contributed by atoms with Gasteiger partial charge in [0.1, 0.15) is 5.75 Å². The molecule has 3 aliphatic rings. The molecule has 0 bridgehead atoms. The van der Waals surface area contributed by atoms with Crippen LogP contribution in [-0.4, -0.2) is 85.7 Å². The van der Waals surface area contributed by atoms with Gasteiger partial charge in [0, 0.05) is 26.2 Å². The quantitative estimate of drug-likeness (QED) is 0.695. The summed E-state index contributed by atoms with van der Waals surface area (Å²) in [6, 6.07) is 8.38. The van der Waals surface area contributed by atoms with Crippen LogP contribution in [0.5, 0.6) is 5.75 Å². The van der Waals surface area contributed by atoms with Gasteiger partial charge < -0.3 is 14.4 Å². The number of piperidine rings is 1. The maximum absolute atomic E-state index is 13.2. The van der Waals surface area contributed by atoms with E-state index >= 15 is 0 Å². The molecule has 3 saturated heterocycles. The third kappa shape index (κ3) is 5.79. The molecule has 0 saturated carbocycles. The van der Waals surface area contributed by atoms with Crippen molar-refractivity contribution in [2.45, 2.75) is 57.8 Å². The van der Waals surface area contributed by atoms with Gasteiger partial charge in [0.2, 0.25) is 5.91 Å². The topological polar surface area (TPSA) is 45.2 Å². The molecule has 1 amide bonds. The Morgan fingerprint density at radius 2 is 1.81 bits per heavy atom. The number of nitrogens with zero attached hydrogens (tertiary/aromatic N) is 3.